The van der Waals surface area contributed by atoms with E-state index in [9.17, 15) is 18.0 Å². The summed E-state index contributed by atoms with van der Waals surface area (Å²) in [5.74, 6) is 0.436. The van der Waals surface area contributed by atoms with E-state index in [1.807, 2.05) is 0 Å². The van der Waals surface area contributed by atoms with E-state index in [0.29, 0.717) is 31.1 Å². The molecule has 0 spiro atoms. The summed E-state index contributed by atoms with van der Waals surface area (Å²) in [7, 11) is 0. The van der Waals surface area contributed by atoms with Crippen molar-refractivity contribution in [3.05, 3.63) is 35.4 Å². The van der Waals surface area contributed by atoms with E-state index < -0.39 is 11.7 Å². The Labute approximate surface area is 121 Å². The molecule has 0 aliphatic carbocycles. The monoisotopic (exact) mass is 300 g/mol. The van der Waals surface area contributed by atoms with Crippen molar-refractivity contribution in [1.82, 2.24) is 4.90 Å². The summed E-state index contributed by atoms with van der Waals surface area (Å²) in [6.45, 7) is 2.00. The third kappa shape index (κ3) is 4.20. The summed E-state index contributed by atoms with van der Waals surface area (Å²) in [4.78, 5) is 13.9. The van der Waals surface area contributed by atoms with E-state index >= 15 is 0 Å². The smallest absolute Gasteiger partial charge is 0.342 e. The Morgan fingerprint density at radius 2 is 1.76 bits per heavy atom. The molecule has 1 fully saturated rings. The first-order valence-corrected chi connectivity index (χ1v) is 7.04. The maximum absolute atomic E-state index is 12.5. The second kappa shape index (κ2) is 6.47. The number of hydrogen-bond acceptors (Lipinski definition) is 2. The molecule has 116 valence electrons. The van der Waals surface area contributed by atoms with Crippen LogP contribution in [0, 0.1) is 5.92 Å². The fraction of sp³-hybridized carbons (Fsp3) is 0.533. The quantitative estimate of drug-likeness (QED) is 0.932. The molecule has 2 rings (SSSR count). The highest BCUT2D eigenvalue weighted by atomic mass is 19.4. The number of nitrogens with two attached hydrogens (primary N) is 1. The van der Waals surface area contributed by atoms with E-state index in [0.717, 1.165) is 25.0 Å². The van der Waals surface area contributed by atoms with Crippen LogP contribution in [0.4, 0.5) is 13.2 Å². The highest BCUT2D eigenvalue weighted by molar-refractivity contribution is 5.78. The summed E-state index contributed by atoms with van der Waals surface area (Å²) < 4.78 is 37.4. The van der Waals surface area contributed by atoms with Crippen molar-refractivity contribution in [2.45, 2.75) is 25.4 Å². The van der Waals surface area contributed by atoms with E-state index in [-0.39, 0.29) is 12.3 Å². The van der Waals surface area contributed by atoms with Gasteiger partial charge in [0.25, 0.3) is 0 Å². The first-order chi connectivity index (χ1) is 9.90. The topological polar surface area (TPSA) is 46.3 Å². The van der Waals surface area contributed by atoms with Crippen molar-refractivity contribution in [3.63, 3.8) is 0 Å². The minimum atomic E-state index is -4.34. The van der Waals surface area contributed by atoms with Gasteiger partial charge in [0.1, 0.15) is 0 Å². The number of halogens is 3. The molecule has 1 aliphatic heterocycles. The van der Waals surface area contributed by atoms with Crippen molar-refractivity contribution >= 4 is 5.91 Å². The third-order valence-electron chi connectivity index (χ3n) is 3.94. The molecule has 1 heterocycles. The molecular formula is C15H19F3N2O. The molecule has 0 unspecified atom stereocenters. The minimum absolute atomic E-state index is 0.0368. The van der Waals surface area contributed by atoms with Crippen molar-refractivity contribution in [2.75, 3.05) is 19.6 Å². The van der Waals surface area contributed by atoms with Crippen LogP contribution in [0.3, 0.4) is 0 Å². The maximum Gasteiger partial charge on any atom is 0.416 e. The van der Waals surface area contributed by atoms with Gasteiger partial charge in [0.15, 0.2) is 0 Å². The zero-order valence-corrected chi connectivity index (χ0v) is 11.7. The SMILES string of the molecule is NCC1CCN(C(=O)Cc2ccc(C(F)(F)F)cc2)CC1. The number of carbonyl (C=O) groups excluding carboxylic acids is 1. The van der Waals surface area contributed by atoms with Crippen LogP contribution in [0.25, 0.3) is 0 Å². The summed E-state index contributed by atoms with van der Waals surface area (Å²) in [5, 5.41) is 0. The van der Waals surface area contributed by atoms with Gasteiger partial charge >= 0.3 is 6.18 Å². The molecule has 1 aromatic carbocycles. The number of amides is 1. The number of alkyl halides is 3. The lowest BCUT2D eigenvalue weighted by Gasteiger charge is -2.31. The number of rotatable bonds is 3. The first kappa shape index (κ1) is 15.8. The number of piperidine rings is 1. The van der Waals surface area contributed by atoms with Crippen LogP contribution in [-0.4, -0.2) is 30.4 Å². The largest absolute Gasteiger partial charge is 0.416 e. The lowest BCUT2D eigenvalue weighted by molar-refractivity contribution is -0.137. The molecule has 21 heavy (non-hydrogen) atoms. The van der Waals surface area contributed by atoms with Crippen LogP contribution in [0.1, 0.15) is 24.0 Å². The molecule has 3 nitrogen and oxygen atoms in total. The second-order valence-corrected chi connectivity index (χ2v) is 5.43. The van der Waals surface area contributed by atoms with Crippen LogP contribution in [0.2, 0.25) is 0 Å². The zero-order valence-electron chi connectivity index (χ0n) is 11.7. The van der Waals surface area contributed by atoms with Gasteiger partial charge in [-0.3, -0.25) is 4.79 Å². The molecule has 1 aliphatic rings. The van der Waals surface area contributed by atoms with Gasteiger partial charge in [0.05, 0.1) is 12.0 Å². The van der Waals surface area contributed by atoms with Gasteiger partial charge in [-0.05, 0) is 43.0 Å². The summed E-state index contributed by atoms with van der Waals surface area (Å²) in [6, 6.07) is 4.77. The lowest BCUT2D eigenvalue weighted by Crippen LogP contribution is -2.40. The molecule has 6 heteroatoms. The second-order valence-electron chi connectivity index (χ2n) is 5.43. The first-order valence-electron chi connectivity index (χ1n) is 7.04. The summed E-state index contributed by atoms with van der Waals surface area (Å²) >= 11 is 0. The normalized spacial score (nSPS) is 17.0. The molecule has 0 bridgehead atoms. The van der Waals surface area contributed by atoms with Gasteiger partial charge in [-0.2, -0.15) is 13.2 Å². The van der Waals surface area contributed by atoms with Crippen LogP contribution >= 0.6 is 0 Å². The number of likely N-dealkylation sites (tertiary alicyclic amines) is 1. The van der Waals surface area contributed by atoms with Crippen molar-refractivity contribution < 1.29 is 18.0 Å². The van der Waals surface area contributed by atoms with E-state index in [4.69, 9.17) is 5.73 Å². The van der Waals surface area contributed by atoms with E-state index in [1.54, 1.807) is 4.90 Å². The predicted molar refractivity (Wildman–Crippen MR) is 73.5 cm³/mol. The number of carbonyl (C=O) groups is 1. The minimum Gasteiger partial charge on any atom is -0.342 e. The Hall–Kier alpha value is -1.56. The van der Waals surface area contributed by atoms with Gasteiger partial charge in [-0.15, -0.1) is 0 Å². The maximum atomic E-state index is 12.5. The lowest BCUT2D eigenvalue weighted by atomic mass is 9.96. The van der Waals surface area contributed by atoms with Crippen LogP contribution in [0.5, 0.6) is 0 Å². The Balaban J connectivity index is 1.91. The van der Waals surface area contributed by atoms with Gasteiger partial charge < -0.3 is 10.6 Å². The molecule has 1 saturated heterocycles. The Morgan fingerprint density at radius 1 is 1.19 bits per heavy atom. The van der Waals surface area contributed by atoms with Crippen molar-refractivity contribution in [2.24, 2.45) is 11.7 Å². The Kier molecular flexibility index (Phi) is 4.88. The van der Waals surface area contributed by atoms with Crippen LogP contribution in [0.15, 0.2) is 24.3 Å². The highest BCUT2D eigenvalue weighted by Gasteiger charge is 2.30. The standard InChI is InChI=1S/C15H19F3N2O/c16-15(17,18)13-3-1-11(2-4-13)9-14(21)20-7-5-12(10-19)6-8-20/h1-4,12H,5-10,19H2. The van der Waals surface area contributed by atoms with Gasteiger partial charge in [-0.25, -0.2) is 0 Å². The van der Waals surface area contributed by atoms with E-state index in [1.165, 1.54) is 12.1 Å². The van der Waals surface area contributed by atoms with Crippen molar-refractivity contribution in [1.29, 1.82) is 0 Å². The Bertz CT molecular complexity index is 477. The van der Waals surface area contributed by atoms with Gasteiger partial charge in [0.2, 0.25) is 5.91 Å². The molecule has 1 amide bonds. The highest BCUT2D eigenvalue weighted by Crippen LogP contribution is 2.29. The third-order valence-corrected chi connectivity index (χ3v) is 3.94. The molecular weight excluding hydrogens is 281 g/mol. The molecule has 0 radical (unpaired) electrons. The van der Waals surface area contributed by atoms with Gasteiger partial charge in [0, 0.05) is 13.1 Å². The number of nitrogens with zero attached hydrogens (tertiary/aromatic N) is 1. The van der Waals surface area contributed by atoms with Crippen LogP contribution in [-0.2, 0) is 17.4 Å². The fourth-order valence-corrected chi connectivity index (χ4v) is 2.52. The molecule has 0 saturated carbocycles. The summed E-state index contributed by atoms with van der Waals surface area (Å²) in [6.07, 6.45) is -2.40. The fourth-order valence-electron chi connectivity index (χ4n) is 2.52. The summed E-state index contributed by atoms with van der Waals surface area (Å²) in [5.41, 5.74) is 5.52. The molecule has 2 N–H and O–H groups in total. The molecule has 1 aromatic rings. The van der Waals surface area contributed by atoms with Gasteiger partial charge in [-0.1, -0.05) is 12.1 Å². The predicted octanol–water partition coefficient (Wildman–Crippen LogP) is 2.45. The number of hydrogen-bond donors (Lipinski definition) is 1. The average molecular weight is 300 g/mol. The molecule has 0 aromatic heterocycles. The van der Waals surface area contributed by atoms with Crippen LogP contribution < -0.4 is 5.73 Å². The van der Waals surface area contributed by atoms with E-state index in [2.05, 4.69) is 0 Å². The molecule has 0 atom stereocenters. The van der Waals surface area contributed by atoms with Crippen molar-refractivity contribution in [3.8, 4) is 0 Å². The zero-order chi connectivity index (χ0) is 15.5. The number of benzene rings is 1. The average Bonchev–Trinajstić information content (AvgIpc) is 2.47. The Morgan fingerprint density at radius 3 is 2.24 bits per heavy atom.